The molecule has 2 aliphatic heterocycles. The van der Waals surface area contributed by atoms with Crippen molar-refractivity contribution >= 4 is 11.8 Å². The van der Waals surface area contributed by atoms with Crippen LogP contribution < -0.4 is 5.32 Å². The first-order valence-corrected chi connectivity index (χ1v) is 7.01. The summed E-state index contributed by atoms with van der Waals surface area (Å²) in [6.45, 7) is 1.46. The van der Waals surface area contributed by atoms with Crippen molar-refractivity contribution in [3.05, 3.63) is 35.4 Å². The quantitative estimate of drug-likeness (QED) is 0.857. The molecule has 3 rings (SSSR count). The number of amides is 2. The van der Waals surface area contributed by atoms with Crippen LogP contribution in [0.1, 0.15) is 29.6 Å². The Labute approximate surface area is 121 Å². The van der Waals surface area contributed by atoms with E-state index >= 15 is 0 Å². The molecule has 1 N–H and O–H groups in total. The lowest BCUT2D eigenvalue weighted by atomic mass is 9.77. The van der Waals surface area contributed by atoms with Crippen LogP contribution in [0, 0.1) is 17.0 Å². The summed E-state index contributed by atoms with van der Waals surface area (Å²) in [5.74, 6) is -2.25. The average molecular weight is 294 g/mol. The van der Waals surface area contributed by atoms with Crippen LogP contribution in [-0.2, 0) is 4.79 Å². The zero-order valence-electron chi connectivity index (χ0n) is 11.5. The molecule has 2 fully saturated rings. The van der Waals surface area contributed by atoms with Gasteiger partial charge in [0.2, 0.25) is 5.91 Å². The first-order chi connectivity index (χ1) is 10.0. The Kier molecular flexibility index (Phi) is 3.39. The number of nitrogens with zero attached hydrogens (tertiary/aromatic N) is 1. The average Bonchev–Trinajstić information content (AvgIpc) is 2.80. The summed E-state index contributed by atoms with van der Waals surface area (Å²) in [4.78, 5) is 25.1. The second kappa shape index (κ2) is 5.09. The van der Waals surface area contributed by atoms with E-state index in [4.69, 9.17) is 0 Å². The molecule has 6 heteroatoms. The number of hydrogen-bond acceptors (Lipinski definition) is 2. The van der Waals surface area contributed by atoms with Crippen molar-refractivity contribution in [2.45, 2.75) is 19.3 Å². The molecule has 0 aromatic heterocycles. The molecular formula is C15H16F2N2O2. The highest BCUT2D eigenvalue weighted by atomic mass is 19.1. The number of benzene rings is 1. The second-order valence-electron chi connectivity index (χ2n) is 5.84. The Morgan fingerprint density at radius 1 is 1.19 bits per heavy atom. The van der Waals surface area contributed by atoms with Gasteiger partial charge in [-0.3, -0.25) is 9.59 Å². The lowest BCUT2D eigenvalue weighted by Crippen LogP contribution is -2.44. The lowest BCUT2D eigenvalue weighted by Gasteiger charge is -2.38. The molecule has 2 amide bonds. The van der Waals surface area contributed by atoms with Crippen molar-refractivity contribution < 1.29 is 18.4 Å². The largest absolute Gasteiger partial charge is 0.356 e. The Morgan fingerprint density at radius 2 is 1.81 bits per heavy atom. The Morgan fingerprint density at radius 3 is 2.33 bits per heavy atom. The van der Waals surface area contributed by atoms with Crippen molar-refractivity contribution in [1.82, 2.24) is 10.2 Å². The number of carbonyl (C=O) groups excluding carboxylic acids is 2. The third-order valence-corrected chi connectivity index (χ3v) is 4.48. The predicted octanol–water partition coefficient (Wildman–Crippen LogP) is 1.71. The van der Waals surface area contributed by atoms with E-state index in [1.165, 1.54) is 11.0 Å². The maximum atomic E-state index is 13.7. The van der Waals surface area contributed by atoms with Gasteiger partial charge < -0.3 is 10.2 Å². The van der Waals surface area contributed by atoms with Crippen LogP contribution in [0.3, 0.4) is 0 Å². The van der Waals surface area contributed by atoms with E-state index in [1.807, 2.05) is 0 Å². The Bertz CT molecular complexity index is 575. The van der Waals surface area contributed by atoms with Gasteiger partial charge in [0.25, 0.3) is 5.91 Å². The monoisotopic (exact) mass is 294 g/mol. The van der Waals surface area contributed by atoms with Crippen LogP contribution in [0.2, 0.25) is 0 Å². The number of hydrogen-bond donors (Lipinski definition) is 1. The van der Waals surface area contributed by atoms with E-state index in [-0.39, 0.29) is 11.3 Å². The summed E-state index contributed by atoms with van der Waals surface area (Å²) < 4.78 is 27.3. The van der Waals surface area contributed by atoms with Gasteiger partial charge in [-0.2, -0.15) is 0 Å². The van der Waals surface area contributed by atoms with Gasteiger partial charge in [0.1, 0.15) is 17.2 Å². The van der Waals surface area contributed by atoms with Crippen LogP contribution in [0.5, 0.6) is 0 Å². The minimum atomic E-state index is -0.835. The van der Waals surface area contributed by atoms with Gasteiger partial charge in [-0.1, -0.05) is 6.07 Å². The third kappa shape index (κ3) is 2.50. The molecule has 4 nitrogen and oxygen atoms in total. The number of rotatable bonds is 1. The topological polar surface area (TPSA) is 49.4 Å². The predicted molar refractivity (Wildman–Crippen MR) is 71.6 cm³/mol. The summed E-state index contributed by atoms with van der Waals surface area (Å²) in [7, 11) is 0. The molecule has 1 spiro atoms. The molecule has 2 aliphatic rings. The van der Waals surface area contributed by atoms with Crippen molar-refractivity contribution in [1.29, 1.82) is 0 Å². The first-order valence-electron chi connectivity index (χ1n) is 7.01. The minimum Gasteiger partial charge on any atom is -0.356 e. The zero-order chi connectivity index (χ0) is 15.0. The molecule has 112 valence electrons. The van der Waals surface area contributed by atoms with Crippen molar-refractivity contribution in [3.63, 3.8) is 0 Å². The van der Waals surface area contributed by atoms with E-state index in [0.717, 1.165) is 12.1 Å². The van der Waals surface area contributed by atoms with Crippen LogP contribution in [0.25, 0.3) is 0 Å². The van der Waals surface area contributed by atoms with Gasteiger partial charge in [0.05, 0.1) is 0 Å². The summed E-state index contributed by atoms with van der Waals surface area (Å²) in [6, 6.07) is 3.41. The fourth-order valence-corrected chi connectivity index (χ4v) is 3.15. The number of carbonyl (C=O) groups is 2. The second-order valence-corrected chi connectivity index (χ2v) is 5.84. The lowest BCUT2D eigenvalue weighted by molar-refractivity contribution is -0.119. The maximum Gasteiger partial charge on any atom is 0.259 e. The molecular weight excluding hydrogens is 278 g/mol. The highest BCUT2D eigenvalue weighted by Crippen LogP contribution is 2.37. The van der Waals surface area contributed by atoms with Gasteiger partial charge in [0.15, 0.2) is 0 Å². The summed E-state index contributed by atoms with van der Waals surface area (Å²) in [6.07, 6.45) is 1.82. The number of halogens is 2. The van der Waals surface area contributed by atoms with Crippen LogP contribution >= 0.6 is 0 Å². The normalized spacial score (nSPS) is 20.7. The van der Waals surface area contributed by atoms with Crippen LogP contribution in [0.15, 0.2) is 18.2 Å². The molecule has 21 heavy (non-hydrogen) atoms. The SMILES string of the molecule is O=C1CC2(CCN(C(=O)c3c(F)cccc3F)CC2)CN1. The number of likely N-dealkylation sites (tertiary alicyclic amines) is 1. The van der Waals surface area contributed by atoms with E-state index in [1.54, 1.807) is 0 Å². The Balaban J connectivity index is 1.72. The van der Waals surface area contributed by atoms with E-state index in [9.17, 15) is 18.4 Å². The zero-order valence-corrected chi connectivity index (χ0v) is 11.5. The highest BCUT2D eigenvalue weighted by molar-refractivity contribution is 5.94. The molecule has 2 saturated heterocycles. The summed E-state index contributed by atoms with van der Waals surface area (Å²) >= 11 is 0. The van der Waals surface area contributed by atoms with Crippen molar-refractivity contribution in [2.24, 2.45) is 5.41 Å². The van der Waals surface area contributed by atoms with Gasteiger partial charge in [-0.15, -0.1) is 0 Å². The Hall–Kier alpha value is -1.98. The summed E-state index contributed by atoms with van der Waals surface area (Å²) in [5.41, 5.74) is -0.587. The van der Waals surface area contributed by atoms with E-state index in [2.05, 4.69) is 5.32 Å². The minimum absolute atomic E-state index is 0.0370. The molecule has 1 aromatic carbocycles. The third-order valence-electron chi connectivity index (χ3n) is 4.48. The molecule has 0 bridgehead atoms. The smallest absolute Gasteiger partial charge is 0.259 e. The standard InChI is InChI=1S/C15H16F2N2O2/c16-10-2-1-3-11(17)13(10)14(21)19-6-4-15(5-7-19)8-12(20)18-9-15/h1-3H,4-9H2,(H,18,20). The van der Waals surface area contributed by atoms with Crippen molar-refractivity contribution in [2.75, 3.05) is 19.6 Å². The van der Waals surface area contributed by atoms with Crippen LogP contribution in [-0.4, -0.2) is 36.3 Å². The van der Waals surface area contributed by atoms with Gasteiger partial charge in [-0.25, -0.2) is 8.78 Å². The molecule has 0 saturated carbocycles. The van der Waals surface area contributed by atoms with Gasteiger partial charge in [0, 0.05) is 26.1 Å². The maximum absolute atomic E-state index is 13.7. The van der Waals surface area contributed by atoms with E-state index < -0.39 is 23.1 Å². The fourth-order valence-electron chi connectivity index (χ4n) is 3.15. The molecule has 1 aromatic rings. The highest BCUT2D eigenvalue weighted by Gasteiger charge is 2.42. The van der Waals surface area contributed by atoms with Crippen molar-refractivity contribution in [3.8, 4) is 0 Å². The van der Waals surface area contributed by atoms with Crippen LogP contribution in [0.4, 0.5) is 8.78 Å². The fraction of sp³-hybridized carbons (Fsp3) is 0.467. The summed E-state index contributed by atoms with van der Waals surface area (Å²) in [5, 5.41) is 2.81. The number of piperidine rings is 1. The molecule has 2 heterocycles. The van der Waals surface area contributed by atoms with Gasteiger partial charge >= 0.3 is 0 Å². The first kappa shape index (κ1) is 14.0. The molecule has 0 unspecified atom stereocenters. The molecule has 0 atom stereocenters. The molecule has 0 aliphatic carbocycles. The van der Waals surface area contributed by atoms with Gasteiger partial charge in [-0.05, 0) is 30.4 Å². The number of nitrogens with one attached hydrogen (secondary N) is 1. The van der Waals surface area contributed by atoms with E-state index in [0.29, 0.717) is 38.9 Å². The molecule has 0 radical (unpaired) electrons.